The zero-order valence-corrected chi connectivity index (χ0v) is 18.3. The van der Waals surface area contributed by atoms with Gasteiger partial charge < -0.3 is 19.9 Å². The first-order chi connectivity index (χ1) is 15.0. The second-order valence-corrected chi connectivity index (χ2v) is 8.07. The van der Waals surface area contributed by atoms with E-state index in [4.69, 9.17) is 9.90 Å². The molecule has 0 radical (unpaired) electrons. The van der Waals surface area contributed by atoms with Crippen molar-refractivity contribution in [2.75, 3.05) is 25.0 Å². The van der Waals surface area contributed by atoms with Gasteiger partial charge in [-0.1, -0.05) is 34.1 Å². The predicted molar refractivity (Wildman–Crippen MR) is 114 cm³/mol. The summed E-state index contributed by atoms with van der Waals surface area (Å²) in [5.41, 5.74) is 3.03. The Morgan fingerprint density at radius 1 is 1.12 bits per heavy atom. The molecule has 1 aliphatic rings. The predicted octanol–water partition coefficient (Wildman–Crippen LogP) is 4.80. The van der Waals surface area contributed by atoms with Crippen LogP contribution in [0.2, 0.25) is 0 Å². The third kappa shape index (κ3) is 5.28. The van der Waals surface area contributed by atoms with Gasteiger partial charge in [-0.2, -0.15) is 13.2 Å². The molecule has 3 aromatic rings. The fourth-order valence-electron chi connectivity index (χ4n) is 3.30. The van der Waals surface area contributed by atoms with Crippen LogP contribution in [-0.2, 0) is 11.3 Å². The lowest BCUT2D eigenvalue weighted by Gasteiger charge is -2.22. The van der Waals surface area contributed by atoms with E-state index in [0.29, 0.717) is 27.6 Å². The van der Waals surface area contributed by atoms with E-state index in [2.05, 4.69) is 25.8 Å². The smallest absolute Gasteiger partial charge is 0.475 e. The van der Waals surface area contributed by atoms with Gasteiger partial charge in [0.25, 0.3) is 5.91 Å². The third-order valence-corrected chi connectivity index (χ3v) is 5.26. The van der Waals surface area contributed by atoms with E-state index in [-0.39, 0.29) is 11.7 Å². The highest BCUT2D eigenvalue weighted by Crippen LogP contribution is 2.28. The zero-order chi connectivity index (χ0) is 23.6. The largest absolute Gasteiger partial charge is 0.490 e. The average molecular weight is 516 g/mol. The van der Waals surface area contributed by atoms with Gasteiger partial charge in [0.2, 0.25) is 0 Å². The van der Waals surface area contributed by atoms with Gasteiger partial charge in [0.15, 0.2) is 0 Å². The Hall–Kier alpha value is -2.92. The molecule has 1 aromatic heterocycles. The number of aliphatic carboxylic acids is 1. The van der Waals surface area contributed by atoms with Crippen LogP contribution in [0.3, 0.4) is 0 Å². The van der Waals surface area contributed by atoms with Crippen LogP contribution >= 0.6 is 15.9 Å². The Bertz CT molecular complexity index is 1160. The molecule has 11 heteroatoms. The number of rotatable bonds is 1. The second kappa shape index (κ2) is 9.29. The van der Waals surface area contributed by atoms with Crippen LogP contribution in [0, 0.1) is 5.82 Å². The highest BCUT2D eigenvalue weighted by atomic mass is 79.9. The summed E-state index contributed by atoms with van der Waals surface area (Å²) < 4.78 is 46.5. The molecule has 2 heterocycles. The highest BCUT2D eigenvalue weighted by molar-refractivity contribution is 9.10. The van der Waals surface area contributed by atoms with Gasteiger partial charge in [0.05, 0.1) is 5.52 Å². The van der Waals surface area contributed by atoms with E-state index >= 15 is 0 Å². The molecule has 2 N–H and O–H groups in total. The number of hydrogen-bond acceptors (Lipinski definition) is 3. The second-order valence-electron chi connectivity index (χ2n) is 7.16. The van der Waals surface area contributed by atoms with Crippen molar-refractivity contribution in [2.24, 2.45) is 0 Å². The number of nitrogens with zero attached hydrogens (tertiary/aromatic N) is 2. The van der Waals surface area contributed by atoms with E-state index in [9.17, 15) is 22.4 Å². The molecule has 1 aliphatic heterocycles. The molecule has 0 atom stereocenters. The molecule has 0 bridgehead atoms. The number of carboxylic acid groups (broad SMARTS) is 1. The molecule has 0 fully saturated rings. The van der Waals surface area contributed by atoms with Crippen molar-refractivity contribution in [3.8, 4) is 0 Å². The van der Waals surface area contributed by atoms with Crippen molar-refractivity contribution in [3.05, 3.63) is 64.0 Å². The standard InChI is InChI=1S/C19H17BrFN3O.C2HF3O2/c1-23-6-7-24(18-5-3-2-4-12(18)11-23)19(25)17-10-14-15(21)8-13(20)9-16(14)22-17;3-2(4,5)1(6)7/h2-5,8-10,22H,6-7,11H2,1H3;(H,6,7). The first-order valence-corrected chi connectivity index (χ1v) is 10.1. The van der Waals surface area contributed by atoms with Gasteiger partial charge in [0.1, 0.15) is 11.5 Å². The van der Waals surface area contributed by atoms with E-state index in [1.54, 1.807) is 17.0 Å². The minimum absolute atomic E-state index is 0.144. The molecule has 0 unspecified atom stereocenters. The van der Waals surface area contributed by atoms with Crippen LogP contribution in [0.5, 0.6) is 0 Å². The van der Waals surface area contributed by atoms with Gasteiger partial charge >= 0.3 is 12.1 Å². The molecule has 170 valence electrons. The number of carbonyl (C=O) groups is 2. The summed E-state index contributed by atoms with van der Waals surface area (Å²) in [4.78, 5) is 29.1. The SMILES string of the molecule is CN1CCN(C(=O)c2cc3c(F)cc(Br)cc3[nH]2)c2ccccc2C1.O=C(O)C(F)(F)F. The lowest BCUT2D eigenvalue weighted by Crippen LogP contribution is -2.35. The fourth-order valence-corrected chi connectivity index (χ4v) is 3.73. The van der Waals surface area contributed by atoms with E-state index < -0.39 is 12.1 Å². The Labute approximate surface area is 188 Å². The number of anilines is 1. The maximum absolute atomic E-state index is 14.1. The fraction of sp³-hybridized carbons (Fsp3) is 0.238. The summed E-state index contributed by atoms with van der Waals surface area (Å²) >= 11 is 3.28. The number of benzene rings is 2. The van der Waals surface area contributed by atoms with E-state index in [0.717, 1.165) is 24.3 Å². The average Bonchev–Trinajstić information content (AvgIpc) is 3.05. The van der Waals surface area contributed by atoms with Gasteiger partial charge in [-0.15, -0.1) is 0 Å². The van der Waals surface area contributed by atoms with Crippen LogP contribution in [0.1, 0.15) is 16.1 Å². The molecule has 0 aliphatic carbocycles. The van der Waals surface area contributed by atoms with E-state index in [1.807, 2.05) is 31.3 Å². The Balaban J connectivity index is 0.000000360. The summed E-state index contributed by atoms with van der Waals surface area (Å²) in [7, 11) is 2.04. The summed E-state index contributed by atoms with van der Waals surface area (Å²) in [6.07, 6.45) is -5.08. The number of aromatic amines is 1. The van der Waals surface area contributed by atoms with Gasteiger partial charge in [-0.3, -0.25) is 4.79 Å². The van der Waals surface area contributed by atoms with Crippen molar-refractivity contribution >= 4 is 44.4 Å². The van der Waals surface area contributed by atoms with Crippen LogP contribution in [0.15, 0.2) is 46.9 Å². The summed E-state index contributed by atoms with van der Waals surface area (Å²) in [5.74, 6) is -3.25. The van der Waals surface area contributed by atoms with Crippen molar-refractivity contribution in [1.29, 1.82) is 0 Å². The maximum Gasteiger partial charge on any atom is 0.490 e. The van der Waals surface area contributed by atoms with Crippen LogP contribution < -0.4 is 4.90 Å². The van der Waals surface area contributed by atoms with Gasteiger partial charge in [-0.05, 0) is 36.9 Å². The van der Waals surface area contributed by atoms with E-state index in [1.165, 1.54) is 6.07 Å². The number of likely N-dealkylation sites (N-methyl/N-ethyl adjacent to an activating group) is 1. The lowest BCUT2D eigenvalue weighted by molar-refractivity contribution is -0.192. The number of alkyl halides is 3. The number of para-hydroxylation sites is 1. The number of hydrogen-bond donors (Lipinski definition) is 2. The summed E-state index contributed by atoms with van der Waals surface area (Å²) in [5, 5.41) is 7.55. The van der Waals surface area contributed by atoms with Crippen molar-refractivity contribution in [1.82, 2.24) is 9.88 Å². The number of fused-ring (bicyclic) bond motifs is 2. The molecule has 32 heavy (non-hydrogen) atoms. The molecular weight excluding hydrogens is 498 g/mol. The topological polar surface area (TPSA) is 76.6 Å². The first kappa shape index (κ1) is 23.7. The third-order valence-electron chi connectivity index (χ3n) is 4.80. The molecule has 2 aromatic carbocycles. The molecule has 0 saturated carbocycles. The molecule has 1 amide bonds. The van der Waals surface area contributed by atoms with Crippen molar-refractivity contribution in [3.63, 3.8) is 0 Å². The van der Waals surface area contributed by atoms with Crippen LogP contribution in [-0.4, -0.2) is 53.2 Å². The van der Waals surface area contributed by atoms with Crippen LogP contribution in [0.25, 0.3) is 10.9 Å². The number of H-pyrrole nitrogens is 1. The normalized spacial score (nSPS) is 14.4. The minimum atomic E-state index is -5.08. The number of halogens is 5. The molecule has 6 nitrogen and oxygen atoms in total. The molecular formula is C21H18BrF4N3O3. The monoisotopic (exact) mass is 515 g/mol. The number of nitrogens with one attached hydrogen (secondary N) is 1. The lowest BCUT2D eigenvalue weighted by atomic mass is 10.1. The van der Waals surface area contributed by atoms with Crippen LogP contribution in [0.4, 0.5) is 23.2 Å². The Morgan fingerprint density at radius 2 is 1.78 bits per heavy atom. The zero-order valence-electron chi connectivity index (χ0n) is 16.7. The summed E-state index contributed by atoms with van der Waals surface area (Å²) in [6.45, 7) is 2.17. The first-order valence-electron chi connectivity index (χ1n) is 9.33. The number of carboxylic acids is 1. The highest BCUT2D eigenvalue weighted by Gasteiger charge is 2.38. The molecule has 0 spiro atoms. The quantitative estimate of drug-likeness (QED) is 0.456. The maximum atomic E-state index is 14.1. The number of amides is 1. The van der Waals surface area contributed by atoms with Gasteiger partial charge in [0, 0.05) is 35.2 Å². The van der Waals surface area contributed by atoms with Gasteiger partial charge in [-0.25, -0.2) is 9.18 Å². The minimum Gasteiger partial charge on any atom is -0.475 e. The Morgan fingerprint density at radius 3 is 2.44 bits per heavy atom. The van der Waals surface area contributed by atoms with Crippen molar-refractivity contribution < 1.29 is 32.3 Å². The summed E-state index contributed by atoms with van der Waals surface area (Å²) in [6, 6.07) is 12.7. The number of carbonyl (C=O) groups excluding carboxylic acids is 1. The molecule has 0 saturated heterocycles. The van der Waals surface area contributed by atoms with Crippen molar-refractivity contribution in [2.45, 2.75) is 12.7 Å². The molecule has 4 rings (SSSR count). The number of aromatic nitrogens is 1. The Kier molecular flexibility index (Phi) is 6.89.